The first-order valence-electron chi connectivity index (χ1n) is 9.67. The molecular weight excluding hydrogens is 428 g/mol. The Morgan fingerprint density at radius 2 is 1.58 bits per heavy atom. The molecular formula is C22H31ClO8. The number of esters is 2. The van der Waals surface area contributed by atoms with E-state index in [0.29, 0.717) is 24.0 Å². The van der Waals surface area contributed by atoms with Gasteiger partial charge in [0.2, 0.25) is 12.0 Å². The fourth-order valence-electron chi connectivity index (χ4n) is 1.98. The van der Waals surface area contributed by atoms with Crippen LogP contribution in [0, 0.1) is 0 Å². The summed E-state index contributed by atoms with van der Waals surface area (Å²) in [5.41, 5.74) is 0. The molecule has 3 unspecified atom stereocenters. The van der Waals surface area contributed by atoms with E-state index in [1.807, 2.05) is 6.92 Å². The Labute approximate surface area is 188 Å². The van der Waals surface area contributed by atoms with Gasteiger partial charge in [-0.1, -0.05) is 18.2 Å². The topological polar surface area (TPSA) is 89.5 Å². The number of benzene rings is 1. The van der Waals surface area contributed by atoms with Crippen LogP contribution in [0.1, 0.15) is 34.6 Å². The average Bonchev–Trinajstić information content (AvgIpc) is 2.70. The van der Waals surface area contributed by atoms with Gasteiger partial charge in [0.1, 0.15) is 5.75 Å². The molecule has 0 bridgehead atoms. The van der Waals surface area contributed by atoms with Crippen LogP contribution >= 0.6 is 11.6 Å². The lowest BCUT2D eigenvalue weighted by atomic mass is 10.3. The van der Waals surface area contributed by atoms with Crippen molar-refractivity contribution in [3.63, 3.8) is 0 Å². The highest BCUT2D eigenvalue weighted by Crippen LogP contribution is 2.17. The van der Waals surface area contributed by atoms with Gasteiger partial charge in [0.25, 0.3) is 0 Å². The van der Waals surface area contributed by atoms with Crippen LogP contribution in [0.2, 0.25) is 5.02 Å². The Hall–Kier alpha value is -2.39. The predicted molar refractivity (Wildman–Crippen MR) is 116 cm³/mol. The summed E-state index contributed by atoms with van der Waals surface area (Å²) in [7, 11) is 0. The van der Waals surface area contributed by atoms with Gasteiger partial charge in [0, 0.05) is 17.7 Å². The molecule has 0 amide bonds. The van der Waals surface area contributed by atoms with E-state index < -0.39 is 24.5 Å². The van der Waals surface area contributed by atoms with Crippen molar-refractivity contribution in [2.75, 3.05) is 13.2 Å². The van der Waals surface area contributed by atoms with Crippen LogP contribution < -0.4 is 4.74 Å². The van der Waals surface area contributed by atoms with Gasteiger partial charge in [-0.3, -0.25) is 0 Å². The molecule has 0 aliphatic heterocycles. The number of rotatable bonds is 12. The largest absolute Gasteiger partial charge is 0.460 e. The predicted octanol–water partition coefficient (Wildman–Crippen LogP) is 4.62. The molecule has 8 nitrogen and oxygen atoms in total. The highest BCUT2D eigenvalue weighted by molar-refractivity contribution is 6.30. The second-order valence-corrected chi connectivity index (χ2v) is 6.21. The summed E-state index contributed by atoms with van der Waals surface area (Å²) in [5.74, 6) is -0.637. The van der Waals surface area contributed by atoms with E-state index in [4.69, 9.17) is 40.0 Å². The number of hydrogen-bond donors (Lipinski definition) is 0. The summed E-state index contributed by atoms with van der Waals surface area (Å²) in [5, 5.41) is 0.601. The first-order chi connectivity index (χ1) is 14.6. The lowest BCUT2D eigenvalue weighted by Gasteiger charge is -2.22. The van der Waals surface area contributed by atoms with Crippen molar-refractivity contribution in [1.29, 1.82) is 0 Å². The number of carbonyl (C=O) groups is 2. The second kappa shape index (κ2) is 16.3. The Kier molecular flexibility index (Phi) is 15.1. The van der Waals surface area contributed by atoms with E-state index in [1.165, 1.54) is 0 Å². The molecule has 174 valence electrons. The molecule has 0 aromatic heterocycles. The number of hydrogen-bond acceptors (Lipinski definition) is 8. The van der Waals surface area contributed by atoms with Crippen LogP contribution in [0.5, 0.6) is 5.75 Å². The Morgan fingerprint density at radius 3 is 2.10 bits per heavy atom. The molecule has 0 saturated carbocycles. The minimum Gasteiger partial charge on any atom is -0.460 e. The van der Waals surface area contributed by atoms with Gasteiger partial charge >= 0.3 is 11.9 Å². The SMILES string of the molecule is C=C(Oc1ccc(Cl)cc1)C(=O)OCC.C=CC(=O)OC(C)OC(C)OC(C)OCC. The maximum absolute atomic E-state index is 11.1. The Morgan fingerprint density at radius 1 is 1.00 bits per heavy atom. The summed E-state index contributed by atoms with van der Waals surface area (Å²) in [6, 6.07) is 6.62. The number of halogens is 1. The third kappa shape index (κ3) is 14.3. The first kappa shape index (κ1) is 28.6. The molecule has 31 heavy (non-hydrogen) atoms. The smallest absolute Gasteiger partial charge is 0.373 e. The molecule has 0 fully saturated rings. The molecule has 0 N–H and O–H groups in total. The van der Waals surface area contributed by atoms with Crippen LogP contribution in [0.25, 0.3) is 0 Å². The monoisotopic (exact) mass is 458 g/mol. The maximum Gasteiger partial charge on any atom is 0.373 e. The van der Waals surface area contributed by atoms with E-state index in [9.17, 15) is 9.59 Å². The average molecular weight is 459 g/mol. The summed E-state index contributed by atoms with van der Waals surface area (Å²) in [6.07, 6.45) is -0.486. The molecule has 0 spiro atoms. The van der Waals surface area contributed by atoms with Crippen molar-refractivity contribution in [3.05, 3.63) is 54.3 Å². The molecule has 1 aromatic rings. The van der Waals surface area contributed by atoms with Gasteiger partial charge in [-0.15, -0.1) is 0 Å². The van der Waals surface area contributed by atoms with E-state index >= 15 is 0 Å². The molecule has 9 heteroatoms. The second-order valence-electron chi connectivity index (χ2n) is 5.77. The van der Waals surface area contributed by atoms with Gasteiger partial charge in [-0.25, -0.2) is 9.59 Å². The zero-order valence-corrected chi connectivity index (χ0v) is 19.3. The molecule has 0 radical (unpaired) electrons. The fourth-order valence-corrected chi connectivity index (χ4v) is 2.11. The van der Waals surface area contributed by atoms with Crippen molar-refractivity contribution in [2.24, 2.45) is 0 Å². The molecule has 1 aromatic carbocycles. The lowest BCUT2D eigenvalue weighted by molar-refractivity contribution is -0.272. The summed E-state index contributed by atoms with van der Waals surface area (Å²) in [4.78, 5) is 22.0. The minimum absolute atomic E-state index is 0.0424. The number of carbonyl (C=O) groups excluding carboxylic acids is 2. The zero-order chi connectivity index (χ0) is 23.8. The fraction of sp³-hybridized carbons (Fsp3) is 0.455. The molecule has 3 atom stereocenters. The van der Waals surface area contributed by atoms with Crippen LogP contribution in [-0.2, 0) is 33.3 Å². The van der Waals surface area contributed by atoms with Crippen molar-refractivity contribution in [1.82, 2.24) is 0 Å². The highest BCUT2D eigenvalue weighted by Gasteiger charge is 2.14. The van der Waals surface area contributed by atoms with E-state index in [0.717, 1.165) is 6.08 Å². The third-order valence-corrected chi connectivity index (χ3v) is 3.43. The summed E-state index contributed by atoms with van der Waals surface area (Å²) in [6.45, 7) is 16.3. The van der Waals surface area contributed by atoms with Crippen molar-refractivity contribution < 1.29 is 38.0 Å². The van der Waals surface area contributed by atoms with Gasteiger partial charge in [0.05, 0.1) is 6.61 Å². The molecule has 0 aliphatic carbocycles. The van der Waals surface area contributed by atoms with Crippen molar-refractivity contribution >= 4 is 23.5 Å². The van der Waals surface area contributed by atoms with E-state index in [-0.39, 0.29) is 12.0 Å². The third-order valence-electron chi connectivity index (χ3n) is 3.17. The molecule has 0 saturated heterocycles. The molecule has 1 rings (SSSR count). The van der Waals surface area contributed by atoms with E-state index in [2.05, 4.69) is 13.2 Å². The van der Waals surface area contributed by atoms with Crippen LogP contribution in [0.15, 0.2) is 49.3 Å². The normalized spacial score (nSPS) is 13.0. The Bertz CT molecular complexity index is 689. The summed E-state index contributed by atoms with van der Waals surface area (Å²) < 4.78 is 30.4. The summed E-state index contributed by atoms with van der Waals surface area (Å²) >= 11 is 5.69. The van der Waals surface area contributed by atoms with Gasteiger partial charge in [0.15, 0.2) is 12.6 Å². The lowest BCUT2D eigenvalue weighted by Crippen LogP contribution is -2.27. The molecule has 0 heterocycles. The maximum atomic E-state index is 11.1. The van der Waals surface area contributed by atoms with Crippen LogP contribution in [0.4, 0.5) is 0 Å². The van der Waals surface area contributed by atoms with Crippen LogP contribution in [-0.4, -0.2) is 44.0 Å². The quantitative estimate of drug-likeness (QED) is 0.194. The zero-order valence-electron chi connectivity index (χ0n) is 18.6. The minimum atomic E-state index is -0.686. The van der Waals surface area contributed by atoms with Gasteiger partial charge in [-0.05, 0) is 65.5 Å². The highest BCUT2D eigenvalue weighted by atomic mass is 35.5. The van der Waals surface area contributed by atoms with Crippen LogP contribution in [0.3, 0.4) is 0 Å². The first-order valence-corrected chi connectivity index (χ1v) is 10.1. The molecule has 0 aliphatic rings. The number of ether oxygens (including phenoxy) is 6. The van der Waals surface area contributed by atoms with E-state index in [1.54, 1.807) is 52.0 Å². The Balaban J connectivity index is 0.000000581. The van der Waals surface area contributed by atoms with Crippen molar-refractivity contribution in [3.8, 4) is 5.75 Å². The van der Waals surface area contributed by atoms with Gasteiger partial charge < -0.3 is 28.4 Å². The van der Waals surface area contributed by atoms with Gasteiger partial charge in [-0.2, -0.15) is 0 Å². The standard InChI is InChI=1S/C11H11ClO3.C11H20O5/c1-3-14-11(13)8(2)15-10-6-4-9(12)5-7-10;1-6-11(12)16-10(5)15-9(4)14-8(3)13-7-2/h4-7H,2-3H2,1H3;6,8-10H,1,7H2,2-5H3. The van der Waals surface area contributed by atoms with Crippen molar-refractivity contribution in [2.45, 2.75) is 53.5 Å².